The second-order valence-electron chi connectivity index (χ2n) is 4.65. The fourth-order valence-corrected chi connectivity index (χ4v) is 2.53. The maximum atomic E-state index is 11.1. The van der Waals surface area contributed by atoms with Gasteiger partial charge in [-0.2, -0.15) is 0 Å². The summed E-state index contributed by atoms with van der Waals surface area (Å²) in [6.45, 7) is 0. The molecule has 0 aromatic rings. The fourth-order valence-electron chi connectivity index (χ4n) is 2.53. The minimum absolute atomic E-state index is 0. The van der Waals surface area contributed by atoms with Gasteiger partial charge >= 0.3 is 41.5 Å². The van der Waals surface area contributed by atoms with E-state index in [1.807, 2.05) is 0 Å². The normalized spacial score (nSPS) is 19.5. The largest absolute Gasteiger partial charge is 1.00 e. The topological polar surface area (TPSA) is 74.6 Å². The van der Waals surface area contributed by atoms with Crippen LogP contribution in [-0.4, -0.2) is 22.2 Å². The van der Waals surface area contributed by atoms with E-state index in [0.29, 0.717) is 0 Å². The SMILES string of the molecule is O=C(O)CC(C(=O)O)C1CCCCCCC1.[H-].[Na+]. The van der Waals surface area contributed by atoms with Crippen molar-refractivity contribution in [1.29, 1.82) is 0 Å². The molecule has 1 fully saturated rings. The molecule has 1 rings (SSSR count). The molecule has 0 aromatic carbocycles. The second-order valence-corrected chi connectivity index (χ2v) is 4.65. The number of hydrogen-bond acceptors (Lipinski definition) is 2. The van der Waals surface area contributed by atoms with Gasteiger partial charge in [-0.15, -0.1) is 0 Å². The number of carbonyl (C=O) groups is 2. The number of carboxylic acid groups (broad SMARTS) is 2. The van der Waals surface area contributed by atoms with Crippen molar-refractivity contribution in [1.82, 2.24) is 0 Å². The third-order valence-corrected chi connectivity index (χ3v) is 3.43. The van der Waals surface area contributed by atoms with E-state index < -0.39 is 17.9 Å². The summed E-state index contributed by atoms with van der Waals surface area (Å²) in [6, 6.07) is 0. The number of carboxylic acids is 2. The molecule has 1 unspecified atom stereocenters. The molecule has 1 aliphatic carbocycles. The Morgan fingerprint density at radius 3 is 1.94 bits per heavy atom. The summed E-state index contributed by atoms with van der Waals surface area (Å²) in [5.41, 5.74) is 0. The van der Waals surface area contributed by atoms with Gasteiger partial charge < -0.3 is 11.6 Å². The predicted molar refractivity (Wildman–Crippen MR) is 60.3 cm³/mol. The van der Waals surface area contributed by atoms with Crippen LogP contribution in [0, 0.1) is 11.8 Å². The van der Waals surface area contributed by atoms with Crippen molar-refractivity contribution in [2.45, 2.75) is 51.4 Å². The molecular weight excluding hydrogens is 231 g/mol. The number of aliphatic carboxylic acids is 2. The van der Waals surface area contributed by atoms with Crippen molar-refractivity contribution in [2.75, 3.05) is 0 Å². The van der Waals surface area contributed by atoms with E-state index in [1.54, 1.807) is 0 Å². The smallest absolute Gasteiger partial charge is 1.00 e. The van der Waals surface area contributed by atoms with Crippen LogP contribution in [0.1, 0.15) is 52.8 Å². The minimum Gasteiger partial charge on any atom is -1.00 e. The van der Waals surface area contributed by atoms with Gasteiger partial charge in [-0.05, 0) is 18.8 Å². The summed E-state index contributed by atoms with van der Waals surface area (Å²) in [6.07, 6.45) is 7.09. The molecule has 2 N–H and O–H groups in total. The van der Waals surface area contributed by atoms with Crippen LogP contribution < -0.4 is 29.6 Å². The van der Waals surface area contributed by atoms with E-state index in [-0.39, 0.29) is 43.3 Å². The Labute approximate surface area is 126 Å². The third kappa shape index (κ3) is 6.43. The van der Waals surface area contributed by atoms with Gasteiger partial charge in [0, 0.05) is 0 Å². The van der Waals surface area contributed by atoms with Crippen molar-refractivity contribution in [3.8, 4) is 0 Å². The van der Waals surface area contributed by atoms with Gasteiger partial charge in [0.25, 0.3) is 0 Å². The first-order valence-electron chi connectivity index (χ1n) is 6.06. The Morgan fingerprint density at radius 2 is 1.53 bits per heavy atom. The molecule has 4 nitrogen and oxygen atoms in total. The monoisotopic (exact) mass is 252 g/mol. The van der Waals surface area contributed by atoms with Crippen molar-refractivity contribution in [3.05, 3.63) is 0 Å². The van der Waals surface area contributed by atoms with Crippen LogP contribution in [0.4, 0.5) is 0 Å². The van der Waals surface area contributed by atoms with Crippen LogP contribution in [-0.2, 0) is 9.59 Å². The van der Waals surface area contributed by atoms with Gasteiger partial charge in [-0.25, -0.2) is 0 Å². The van der Waals surface area contributed by atoms with Crippen LogP contribution in [0.2, 0.25) is 0 Å². The fraction of sp³-hybridized carbons (Fsp3) is 0.833. The van der Waals surface area contributed by atoms with Crippen LogP contribution >= 0.6 is 0 Å². The summed E-state index contributed by atoms with van der Waals surface area (Å²) in [4.78, 5) is 21.7. The van der Waals surface area contributed by atoms with E-state index in [9.17, 15) is 9.59 Å². The average Bonchev–Trinajstić information content (AvgIpc) is 2.13. The first-order valence-corrected chi connectivity index (χ1v) is 6.06. The van der Waals surface area contributed by atoms with Crippen molar-refractivity contribution >= 4 is 11.9 Å². The summed E-state index contributed by atoms with van der Waals surface area (Å²) < 4.78 is 0. The molecule has 94 valence electrons. The van der Waals surface area contributed by atoms with E-state index in [2.05, 4.69) is 0 Å². The average molecular weight is 252 g/mol. The van der Waals surface area contributed by atoms with Gasteiger partial charge in [0.2, 0.25) is 0 Å². The summed E-state index contributed by atoms with van der Waals surface area (Å²) in [5.74, 6) is -2.60. The molecule has 0 radical (unpaired) electrons. The van der Waals surface area contributed by atoms with Gasteiger partial charge in [-0.1, -0.05) is 32.1 Å². The summed E-state index contributed by atoms with van der Waals surface area (Å²) in [7, 11) is 0. The maximum Gasteiger partial charge on any atom is 1.00 e. The maximum absolute atomic E-state index is 11.1. The van der Waals surface area contributed by atoms with Gasteiger partial charge in [-0.3, -0.25) is 9.59 Å². The van der Waals surface area contributed by atoms with E-state index >= 15 is 0 Å². The molecule has 0 amide bonds. The Bertz CT molecular complexity index is 252. The van der Waals surface area contributed by atoms with Gasteiger partial charge in [0.1, 0.15) is 0 Å². The third-order valence-electron chi connectivity index (χ3n) is 3.43. The Morgan fingerprint density at radius 1 is 1.06 bits per heavy atom. The molecule has 0 bridgehead atoms. The molecule has 1 aliphatic rings. The van der Waals surface area contributed by atoms with Gasteiger partial charge in [0.05, 0.1) is 12.3 Å². The van der Waals surface area contributed by atoms with E-state index in [4.69, 9.17) is 10.2 Å². The molecule has 0 aromatic heterocycles. The summed E-state index contributed by atoms with van der Waals surface area (Å²) >= 11 is 0. The Kier molecular flexibility index (Phi) is 8.92. The van der Waals surface area contributed by atoms with Crippen LogP contribution in [0.3, 0.4) is 0 Å². The molecule has 0 spiro atoms. The van der Waals surface area contributed by atoms with Crippen LogP contribution in [0.15, 0.2) is 0 Å². The van der Waals surface area contributed by atoms with Crippen LogP contribution in [0.25, 0.3) is 0 Å². The van der Waals surface area contributed by atoms with Crippen LogP contribution in [0.5, 0.6) is 0 Å². The predicted octanol–water partition coefficient (Wildman–Crippen LogP) is -0.361. The zero-order valence-corrected chi connectivity index (χ0v) is 12.5. The zero-order valence-electron chi connectivity index (χ0n) is 11.5. The van der Waals surface area contributed by atoms with Crippen molar-refractivity contribution < 1.29 is 50.8 Å². The molecule has 17 heavy (non-hydrogen) atoms. The van der Waals surface area contributed by atoms with E-state index in [1.165, 1.54) is 6.42 Å². The molecule has 0 heterocycles. The van der Waals surface area contributed by atoms with Crippen molar-refractivity contribution in [2.24, 2.45) is 11.8 Å². The number of hydrogen-bond donors (Lipinski definition) is 2. The minimum atomic E-state index is -1.01. The molecule has 0 aliphatic heterocycles. The summed E-state index contributed by atoms with van der Waals surface area (Å²) in [5, 5.41) is 17.8. The molecule has 1 atom stereocenters. The quantitative estimate of drug-likeness (QED) is 0.670. The molecular formula is C12H21NaO4. The first-order chi connectivity index (χ1) is 7.61. The van der Waals surface area contributed by atoms with E-state index in [0.717, 1.165) is 38.5 Å². The Balaban J connectivity index is 0. The number of rotatable bonds is 4. The van der Waals surface area contributed by atoms with Gasteiger partial charge in [0.15, 0.2) is 0 Å². The first kappa shape index (κ1) is 16.9. The molecule has 1 saturated carbocycles. The standard InChI is InChI=1S/C12H20O4.Na.H/c13-11(14)8-10(12(15)16)9-6-4-2-1-3-5-7-9;;/h9-10H,1-8H2,(H,13,14)(H,15,16);;/q;+1;-1. The zero-order chi connectivity index (χ0) is 12.0. The molecule has 5 heteroatoms. The second kappa shape index (κ2) is 8.95. The Hall–Kier alpha value is -0.0600. The van der Waals surface area contributed by atoms with Crippen molar-refractivity contribution in [3.63, 3.8) is 0 Å². The molecule has 0 saturated heterocycles.